The van der Waals surface area contributed by atoms with E-state index in [4.69, 9.17) is 4.74 Å². The maximum Gasteiger partial charge on any atom is 0.326 e. The van der Waals surface area contributed by atoms with Crippen LogP contribution in [0.15, 0.2) is 0 Å². The fourth-order valence-electron chi connectivity index (χ4n) is 3.34. The lowest BCUT2D eigenvalue weighted by atomic mass is 9.74. The van der Waals surface area contributed by atoms with Gasteiger partial charge in [-0.15, -0.1) is 0 Å². The van der Waals surface area contributed by atoms with Crippen molar-refractivity contribution >= 4 is 5.97 Å². The molecule has 118 valence electrons. The summed E-state index contributed by atoms with van der Waals surface area (Å²) in [5.74, 6) is 0.569. The zero-order valence-corrected chi connectivity index (χ0v) is 13.7. The maximum atomic E-state index is 12.3. The molecule has 0 heterocycles. The van der Waals surface area contributed by atoms with Crippen LogP contribution in [0.25, 0.3) is 0 Å². The van der Waals surface area contributed by atoms with E-state index >= 15 is 0 Å². The van der Waals surface area contributed by atoms with Crippen molar-refractivity contribution < 1.29 is 9.53 Å². The summed E-state index contributed by atoms with van der Waals surface area (Å²) in [5.41, 5.74) is -0.444. The summed E-state index contributed by atoms with van der Waals surface area (Å²) < 4.78 is 5.08. The first-order chi connectivity index (χ1) is 9.61. The molecular weight excluding hydrogens is 252 g/mol. The van der Waals surface area contributed by atoms with Gasteiger partial charge < -0.3 is 15.0 Å². The second-order valence-corrected chi connectivity index (χ2v) is 5.90. The molecule has 1 rings (SSSR count). The lowest BCUT2D eigenvalue weighted by Crippen LogP contribution is -2.56. The Morgan fingerprint density at radius 2 is 2.05 bits per heavy atom. The molecule has 1 N–H and O–H groups in total. The summed E-state index contributed by atoms with van der Waals surface area (Å²) in [7, 11) is 1.51. The van der Waals surface area contributed by atoms with Crippen molar-refractivity contribution in [2.75, 3.05) is 33.3 Å². The van der Waals surface area contributed by atoms with Gasteiger partial charge in [-0.05, 0) is 31.8 Å². The Balaban J connectivity index is 2.62. The van der Waals surface area contributed by atoms with Crippen LogP contribution in [0.5, 0.6) is 0 Å². The van der Waals surface area contributed by atoms with Crippen LogP contribution < -0.4 is 5.32 Å². The number of ether oxygens (including phenoxy) is 1. The molecule has 20 heavy (non-hydrogen) atoms. The first kappa shape index (κ1) is 17.4. The number of nitrogens with one attached hydrogen (secondary N) is 1. The molecule has 1 fully saturated rings. The number of likely N-dealkylation sites (N-methyl/N-ethyl adjacent to an activating group) is 1. The van der Waals surface area contributed by atoms with Crippen LogP contribution >= 0.6 is 0 Å². The lowest BCUT2D eigenvalue weighted by molar-refractivity contribution is -0.151. The number of nitrogens with zero attached hydrogens (tertiary/aromatic N) is 1. The Morgan fingerprint density at radius 1 is 1.35 bits per heavy atom. The first-order valence-electron chi connectivity index (χ1n) is 8.17. The molecule has 1 aliphatic carbocycles. The van der Waals surface area contributed by atoms with Gasteiger partial charge in [0, 0.05) is 13.1 Å². The maximum absolute atomic E-state index is 12.3. The van der Waals surface area contributed by atoms with E-state index in [0.717, 1.165) is 51.9 Å². The largest absolute Gasteiger partial charge is 0.468 e. The molecule has 4 nitrogen and oxygen atoms in total. The SMILES string of the molecule is CCC1CCCC(NCCN(CC)CC)(C(=O)OC)C1. The molecule has 0 radical (unpaired) electrons. The summed E-state index contributed by atoms with van der Waals surface area (Å²) in [6, 6.07) is 0. The van der Waals surface area contributed by atoms with Crippen molar-refractivity contribution in [3.8, 4) is 0 Å². The van der Waals surface area contributed by atoms with Crippen molar-refractivity contribution in [3.05, 3.63) is 0 Å². The summed E-state index contributed by atoms with van der Waals surface area (Å²) in [6.07, 6.45) is 5.35. The average molecular weight is 284 g/mol. The lowest BCUT2D eigenvalue weighted by Gasteiger charge is -2.39. The van der Waals surface area contributed by atoms with Gasteiger partial charge in [0.05, 0.1) is 7.11 Å². The number of esters is 1. The van der Waals surface area contributed by atoms with E-state index in [1.54, 1.807) is 0 Å². The highest BCUT2D eigenvalue weighted by atomic mass is 16.5. The van der Waals surface area contributed by atoms with Gasteiger partial charge >= 0.3 is 5.97 Å². The van der Waals surface area contributed by atoms with Crippen molar-refractivity contribution in [2.24, 2.45) is 5.92 Å². The Hall–Kier alpha value is -0.610. The van der Waals surface area contributed by atoms with E-state index in [-0.39, 0.29) is 5.97 Å². The van der Waals surface area contributed by atoms with Crippen LogP contribution in [0.3, 0.4) is 0 Å². The molecule has 1 aliphatic rings. The molecule has 0 aromatic rings. The fraction of sp³-hybridized carbons (Fsp3) is 0.938. The van der Waals surface area contributed by atoms with Crippen LogP contribution in [0.1, 0.15) is 52.9 Å². The number of hydrogen-bond donors (Lipinski definition) is 1. The van der Waals surface area contributed by atoms with E-state index in [0.29, 0.717) is 5.92 Å². The summed E-state index contributed by atoms with van der Waals surface area (Å²) >= 11 is 0. The third-order valence-corrected chi connectivity index (χ3v) is 4.79. The van der Waals surface area contributed by atoms with E-state index in [9.17, 15) is 4.79 Å². The number of carbonyl (C=O) groups is 1. The van der Waals surface area contributed by atoms with Gasteiger partial charge in [-0.3, -0.25) is 4.79 Å². The van der Waals surface area contributed by atoms with E-state index in [2.05, 4.69) is 31.0 Å². The van der Waals surface area contributed by atoms with Crippen LogP contribution in [0.4, 0.5) is 0 Å². The zero-order chi connectivity index (χ0) is 15.0. The third-order valence-electron chi connectivity index (χ3n) is 4.79. The Kier molecular flexibility index (Phi) is 7.52. The third kappa shape index (κ3) is 4.45. The molecule has 0 spiro atoms. The minimum Gasteiger partial charge on any atom is -0.468 e. The van der Waals surface area contributed by atoms with Gasteiger partial charge in [-0.2, -0.15) is 0 Å². The summed E-state index contributed by atoms with van der Waals surface area (Å²) in [6.45, 7) is 10.5. The van der Waals surface area contributed by atoms with Crippen LogP contribution in [-0.4, -0.2) is 49.7 Å². The van der Waals surface area contributed by atoms with E-state index < -0.39 is 5.54 Å². The van der Waals surface area contributed by atoms with Gasteiger partial charge in [-0.1, -0.05) is 40.0 Å². The highest BCUT2D eigenvalue weighted by Gasteiger charge is 2.42. The van der Waals surface area contributed by atoms with Gasteiger partial charge in [0.1, 0.15) is 5.54 Å². The monoisotopic (exact) mass is 284 g/mol. The quantitative estimate of drug-likeness (QED) is 0.695. The molecule has 0 amide bonds. The second kappa shape index (κ2) is 8.63. The zero-order valence-electron chi connectivity index (χ0n) is 13.7. The molecule has 1 saturated carbocycles. The van der Waals surface area contributed by atoms with E-state index in [1.165, 1.54) is 13.5 Å². The second-order valence-electron chi connectivity index (χ2n) is 5.90. The minimum absolute atomic E-state index is 0.0739. The number of rotatable bonds is 8. The fourth-order valence-corrected chi connectivity index (χ4v) is 3.34. The molecule has 0 saturated heterocycles. The van der Waals surface area contributed by atoms with Crippen LogP contribution in [0.2, 0.25) is 0 Å². The predicted octanol–water partition coefficient (Wildman–Crippen LogP) is 2.43. The van der Waals surface area contributed by atoms with Crippen LogP contribution in [-0.2, 0) is 9.53 Å². The van der Waals surface area contributed by atoms with Crippen molar-refractivity contribution in [2.45, 2.75) is 58.4 Å². The molecule has 2 atom stereocenters. The molecule has 4 heteroatoms. The molecule has 2 unspecified atom stereocenters. The number of carbonyl (C=O) groups excluding carboxylic acids is 1. The molecule has 0 aromatic carbocycles. The average Bonchev–Trinajstić information content (AvgIpc) is 2.50. The summed E-state index contributed by atoms with van der Waals surface area (Å²) in [5, 5.41) is 3.53. The Labute approximate surface area is 124 Å². The first-order valence-corrected chi connectivity index (χ1v) is 8.17. The highest BCUT2D eigenvalue weighted by molar-refractivity contribution is 5.81. The van der Waals surface area contributed by atoms with Crippen molar-refractivity contribution in [3.63, 3.8) is 0 Å². The molecule has 0 bridgehead atoms. The molecular formula is C16H32N2O2. The summed E-state index contributed by atoms with van der Waals surface area (Å²) in [4.78, 5) is 14.6. The normalized spacial score (nSPS) is 26.8. The number of hydrogen-bond acceptors (Lipinski definition) is 4. The van der Waals surface area contributed by atoms with Crippen molar-refractivity contribution in [1.82, 2.24) is 10.2 Å². The van der Waals surface area contributed by atoms with Gasteiger partial charge in [0.25, 0.3) is 0 Å². The van der Waals surface area contributed by atoms with Crippen LogP contribution in [0, 0.1) is 5.92 Å². The van der Waals surface area contributed by atoms with Crippen molar-refractivity contribution in [1.29, 1.82) is 0 Å². The Morgan fingerprint density at radius 3 is 2.60 bits per heavy atom. The predicted molar refractivity (Wildman–Crippen MR) is 82.8 cm³/mol. The highest BCUT2D eigenvalue weighted by Crippen LogP contribution is 2.35. The topological polar surface area (TPSA) is 41.6 Å². The Bertz CT molecular complexity index is 292. The standard InChI is InChI=1S/C16H32N2O2/c1-5-14-9-8-10-16(13-14,15(19)20-4)17-11-12-18(6-2)7-3/h14,17H,5-13H2,1-4H3. The van der Waals surface area contributed by atoms with Gasteiger partial charge in [-0.25, -0.2) is 0 Å². The molecule has 0 aromatic heterocycles. The van der Waals surface area contributed by atoms with Gasteiger partial charge in [0.2, 0.25) is 0 Å². The number of methoxy groups -OCH3 is 1. The van der Waals surface area contributed by atoms with Gasteiger partial charge in [0.15, 0.2) is 0 Å². The van der Waals surface area contributed by atoms with E-state index in [1.807, 2.05) is 0 Å². The minimum atomic E-state index is -0.444. The molecule has 0 aliphatic heterocycles. The smallest absolute Gasteiger partial charge is 0.326 e.